The van der Waals surface area contributed by atoms with E-state index in [2.05, 4.69) is 5.32 Å². The summed E-state index contributed by atoms with van der Waals surface area (Å²) in [5.74, 6) is 2.16. The molecule has 4 N–H and O–H groups in total. The van der Waals surface area contributed by atoms with Gasteiger partial charge in [0.05, 0.1) is 25.9 Å². The summed E-state index contributed by atoms with van der Waals surface area (Å²) in [5.41, 5.74) is 9.19. The molecule has 8 nitrogen and oxygen atoms in total. The molecule has 8 heteroatoms. The van der Waals surface area contributed by atoms with E-state index < -0.39 is 6.04 Å². The molecule has 0 bridgehead atoms. The highest BCUT2D eigenvalue weighted by molar-refractivity contribution is 5.96. The predicted octanol–water partition coefficient (Wildman–Crippen LogP) is 3.82. The molecule has 0 aliphatic carbocycles. The summed E-state index contributed by atoms with van der Waals surface area (Å²) in [6, 6.07) is 15.0. The van der Waals surface area contributed by atoms with Crippen molar-refractivity contribution in [2.75, 3.05) is 26.3 Å². The van der Waals surface area contributed by atoms with Gasteiger partial charge in [0.15, 0.2) is 11.5 Å². The summed E-state index contributed by atoms with van der Waals surface area (Å²) in [6.45, 7) is 0.162. The minimum atomic E-state index is -0.769. The molecule has 0 spiro atoms. The molecule has 3 aromatic carbocycles. The van der Waals surface area contributed by atoms with Crippen molar-refractivity contribution in [3.8, 4) is 28.7 Å². The van der Waals surface area contributed by atoms with Gasteiger partial charge < -0.3 is 35.1 Å². The fraction of sp³-hybridized carbons (Fsp3) is 0.192. The zero-order chi connectivity index (χ0) is 24.1. The normalized spacial score (nSPS) is 13.0. The first kappa shape index (κ1) is 23.0. The Morgan fingerprint density at radius 1 is 1.03 bits per heavy atom. The van der Waals surface area contributed by atoms with Crippen LogP contribution in [0.3, 0.4) is 0 Å². The van der Waals surface area contributed by atoms with E-state index in [9.17, 15) is 9.90 Å². The molecule has 0 aromatic heterocycles. The number of benzene rings is 3. The lowest BCUT2D eigenvalue weighted by atomic mass is 10.1. The van der Waals surface area contributed by atoms with E-state index in [1.165, 1.54) is 7.11 Å². The largest absolute Gasteiger partial charge is 0.508 e. The lowest BCUT2D eigenvalue weighted by Gasteiger charge is -2.15. The Balaban J connectivity index is 1.49. The van der Waals surface area contributed by atoms with Gasteiger partial charge in [0.25, 0.3) is 0 Å². The number of fused-ring (bicyclic) bond motifs is 1. The van der Waals surface area contributed by atoms with Gasteiger partial charge in [0.1, 0.15) is 11.5 Å². The third kappa shape index (κ3) is 5.24. The van der Waals surface area contributed by atoms with E-state index in [-0.39, 0.29) is 18.4 Å². The first-order valence-electron chi connectivity index (χ1n) is 10.6. The number of phenols is 1. The van der Waals surface area contributed by atoms with Crippen LogP contribution in [0.4, 0.5) is 5.69 Å². The maximum absolute atomic E-state index is 12.7. The van der Waals surface area contributed by atoms with Crippen molar-refractivity contribution in [1.29, 1.82) is 0 Å². The molecule has 176 valence electrons. The number of nitrogens with one attached hydrogen (secondary N) is 1. The van der Waals surface area contributed by atoms with Crippen molar-refractivity contribution in [1.82, 2.24) is 0 Å². The Morgan fingerprint density at radius 3 is 2.50 bits per heavy atom. The van der Waals surface area contributed by atoms with Crippen molar-refractivity contribution in [2.24, 2.45) is 5.73 Å². The van der Waals surface area contributed by atoms with Crippen LogP contribution < -0.4 is 30.0 Å². The maximum Gasteiger partial charge on any atom is 0.241 e. The van der Waals surface area contributed by atoms with Gasteiger partial charge in [-0.15, -0.1) is 0 Å². The second-order valence-electron chi connectivity index (χ2n) is 7.72. The zero-order valence-corrected chi connectivity index (χ0v) is 18.9. The van der Waals surface area contributed by atoms with Crippen LogP contribution in [0.15, 0.2) is 54.6 Å². The number of carbonyl (C=O) groups is 1. The van der Waals surface area contributed by atoms with Gasteiger partial charge in [0.2, 0.25) is 18.4 Å². The number of nitrogens with two attached hydrogens (primary N) is 1. The van der Waals surface area contributed by atoms with Crippen LogP contribution in [0.5, 0.6) is 28.7 Å². The first-order chi connectivity index (χ1) is 16.5. The van der Waals surface area contributed by atoms with Gasteiger partial charge in [-0.25, -0.2) is 0 Å². The fourth-order valence-corrected chi connectivity index (χ4v) is 3.57. The van der Waals surface area contributed by atoms with Gasteiger partial charge in [-0.1, -0.05) is 30.4 Å². The average molecular weight is 463 g/mol. The summed E-state index contributed by atoms with van der Waals surface area (Å²) in [4.78, 5) is 12.7. The van der Waals surface area contributed by atoms with Crippen molar-refractivity contribution in [3.05, 3.63) is 71.3 Å². The van der Waals surface area contributed by atoms with Crippen LogP contribution in [0.2, 0.25) is 0 Å². The minimum Gasteiger partial charge on any atom is -0.508 e. The molecule has 1 heterocycles. The fourth-order valence-electron chi connectivity index (χ4n) is 3.57. The second-order valence-corrected chi connectivity index (χ2v) is 7.72. The number of hydrogen-bond donors (Lipinski definition) is 3. The number of phenolic OH excluding ortho intramolecular Hbond substituents is 1. The molecule has 1 aliphatic heterocycles. The van der Waals surface area contributed by atoms with Crippen molar-refractivity contribution >= 4 is 23.7 Å². The van der Waals surface area contributed by atoms with Gasteiger partial charge >= 0.3 is 0 Å². The third-order valence-electron chi connectivity index (χ3n) is 5.36. The van der Waals surface area contributed by atoms with Crippen LogP contribution >= 0.6 is 0 Å². The highest BCUT2D eigenvalue weighted by Gasteiger charge is 2.20. The highest BCUT2D eigenvalue weighted by atomic mass is 16.7. The van der Waals surface area contributed by atoms with Gasteiger partial charge in [-0.3, -0.25) is 4.79 Å². The zero-order valence-electron chi connectivity index (χ0n) is 18.9. The quantitative estimate of drug-likeness (QED) is 0.436. The number of anilines is 1. The van der Waals surface area contributed by atoms with E-state index in [0.29, 0.717) is 35.1 Å². The van der Waals surface area contributed by atoms with Gasteiger partial charge in [0, 0.05) is 0 Å². The first-order valence-corrected chi connectivity index (χ1v) is 10.6. The van der Waals surface area contributed by atoms with Crippen molar-refractivity contribution in [2.45, 2.75) is 12.5 Å². The number of ether oxygens (including phenoxy) is 4. The smallest absolute Gasteiger partial charge is 0.241 e. The number of aromatic hydroxyl groups is 1. The Labute approximate surface area is 197 Å². The molecule has 0 saturated heterocycles. The molecule has 1 aliphatic rings. The van der Waals surface area contributed by atoms with Gasteiger partial charge in [-0.2, -0.15) is 0 Å². The Hall–Kier alpha value is -4.17. The maximum atomic E-state index is 12.7. The van der Waals surface area contributed by atoms with Gasteiger partial charge in [-0.05, 0) is 59.5 Å². The molecule has 0 radical (unpaired) electrons. The number of carbonyl (C=O) groups excluding carboxylic acids is 1. The molecule has 4 rings (SSSR count). The van der Waals surface area contributed by atoms with E-state index in [1.807, 2.05) is 36.4 Å². The topological polar surface area (TPSA) is 112 Å². The molecule has 0 unspecified atom stereocenters. The lowest BCUT2D eigenvalue weighted by Crippen LogP contribution is -2.37. The number of amides is 1. The van der Waals surface area contributed by atoms with Crippen LogP contribution in [-0.4, -0.2) is 38.1 Å². The minimum absolute atomic E-state index is 0.162. The summed E-state index contributed by atoms with van der Waals surface area (Å²) in [7, 11) is 3.12. The Morgan fingerprint density at radius 2 is 1.76 bits per heavy atom. The Kier molecular flexibility index (Phi) is 6.89. The summed E-state index contributed by atoms with van der Waals surface area (Å²) >= 11 is 0. The molecule has 0 saturated carbocycles. The SMILES string of the molecule is COc1ccc(C=Cc2cc(OC)c3c(c2)OCO3)cc1NC(=O)[C@@H](N)Cc1ccc(O)cc1. The third-order valence-corrected chi connectivity index (χ3v) is 5.36. The van der Waals surface area contributed by atoms with Crippen LogP contribution in [0.1, 0.15) is 16.7 Å². The molecule has 1 atom stereocenters. The van der Waals surface area contributed by atoms with Crippen LogP contribution in [0.25, 0.3) is 12.2 Å². The second kappa shape index (κ2) is 10.2. The van der Waals surface area contributed by atoms with E-state index in [1.54, 1.807) is 37.4 Å². The van der Waals surface area contributed by atoms with Crippen molar-refractivity contribution < 1.29 is 28.8 Å². The summed E-state index contributed by atoms with van der Waals surface area (Å²) < 4.78 is 21.7. The molecule has 3 aromatic rings. The molecule has 0 fully saturated rings. The monoisotopic (exact) mass is 462 g/mol. The van der Waals surface area contributed by atoms with E-state index in [4.69, 9.17) is 24.7 Å². The number of hydrogen-bond acceptors (Lipinski definition) is 7. The van der Waals surface area contributed by atoms with Crippen LogP contribution in [0, 0.1) is 0 Å². The van der Waals surface area contributed by atoms with Crippen molar-refractivity contribution in [3.63, 3.8) is 0 Å². The predicted molar refractivity (Wildman–Crippen MR) is 129 cm³/mol. The standard InChI is InChI=1S/C26H26N2O6/c1-31-22-10-7-17(3-4-18-13-23(32-2)25-24(14-18)33-15-34-25)12-21(22)28-26(30)20(27)11-16-5-8-19(29)9-6-16/h3-10,12-14,20,29H,11,15,27H2,1-2H3,(H,28,30)/t20-/m0/s1. The summed E-state index contributed by atoms with van der Waals surface area (Å²) in [5, 5.41) is 12.3. The Bertz CT molecular complexity index is 1210. The average Bonchev–Trinajstić information content (AvgIpc) is 3.32. The molecular weight excluding hydrogens is 436 g/mol. The molecule has 34 heavy (non-hydrogen) atoms. The molecular formula is C26H26N2O6. The summed E-state index contributed by atoms with van der Waals surface area (Å²) in [6.07, 6.45) is 4.15. The van der Waals surface area contributed by atoms with Crippen LogP contribution in [-0.2, 0) is 11.2 Å². The lowest BCUT2D eigenvalue weighted by molar-refractivity contribution is -0.117. The van der Waals surface area contributed by atoms with E-state index in [0.717, 1.165) is 16.7 Å². The molecule has 1 amide bonds. The number of rotatable bonds is 8. The highest BCUT2D eigenvalue weighted by Crippen LogP contribution is 2.42. The van der Waals surface area contributed by atoms with E-state index >= 15 is 0 Å². The number of methoxy groups -OCH3 is 2.